The summed E-state index contributed by atoms with van der Waals surface area (Å²) < 4.78 is 34.8. The molecule has 0 aromatic carbocycles. The Labute approximate surface area is 265 Å². The first kappa shape index (κ1) is 37.2. The summed E-state index contributed by atoms with van der Waals surface area (Å²) in [6, 6.07) is -0.471. The molecule has 2 saturated heterocycles. The van der Waals surface area contributed by atoms with Gasteiger partial charge >= 0.3 is 26.2 Å². The van der Waals surface area contributed by atoms with Crippen LogP contribution in [0.1, 0.15) is 89.1 Å². The van der Waals surface area contributed by atoms with Crippen LogP contribution in [-0.4, -0.2) is 89.2 Å². The molecule has 0 aliphatic carbocycles. The summed E-state index contributed by atoms with van der Waals surface area (Å²) in [4.78, 5) is 26.2. The van der Waals surface area contributed by atoms with Crippen molar-refractivity contribution >= 4 is 53.8 Å². The summed E-state index contributed by atoms with van der Waals surface area (Å²) in [5.41, 5.74) is 0.538. The zero-order valence-electron chi connectivity index (χ0n) is 27.7. The third-order valence-corrected chi connectivity index (χ3v) is 8.35. The fourth-order valence-corrected chi connectivity index (χ4v) is 3.93. The maximum absolute atomic E-state index is 11.7. The molecule has 3 aliphatic heterocycles. The Morgan fingerprint density at radius 2 is 1.35 bits per heavy atom. The van der Waals surface area contributed by atoms with Gasteiger partial charge in [0, 0.05) is 24.1 Å². The van der Waals surface area contributed by atoms with Crippen LogP contribution in [0.25, 0.3) is 0 Å². The van der Waals surface area contributed by atoms with Crippen molar-refractivity contribution in [1.82, 2.24) is 9.78 Å². The lowest BCUT2D eigenvalue weighted by Crippen LogP contribution is -2.41. The SMILES string of the molecule is CC1(C)OB(C2=CCN=C2)OC1(C)C.CCOC(=O)C(C)Br.CCOC(=O)C(C)n1cc(B2OC(C)(C)C(C)(C)O2)cn1. The molecule has 11 nitrogen and oxygen atoms in total. The van der Waals surface area contributed by atoms with Gasteiger partial charge in [0.2, 0.25) is 0 Å². The van der Waals surface area contributed by atoms with Gasteiger partial charge in [0.05, 0.1) is 42.2 Å². The molecule has 0 radical (unpaired) electrons. The van der Waals surface area contributed by atoms with Gasteiger partial charge in [-0.1, -0.05) is 22.0 Å². The van der Waals surface area contributed by atoms with Crippen LogP contribution < -0.4 is 5.46 Å². The molecule has 2 fully saturated rings. The van der Waals surface area contributed by atoms with Gasteiger partial charge in [-0.25, -0.2) is 4.79 Å². The van der Waals surface area contributed by atoms with Crippen LogP contribution in [0, 0.1) is 0 Å². The number of ether oxygens (including phenoxy) is 2. The number of aromatic nitrogens is 2. The van der Waals surface area contributed by atoms with Crippen LogP contribution >= 0.6 is 15.9 Å². The number of carbonyl (C=O) groups excluding carboxylic acids is 2. The molecule has 43 heavy (non-hydrogen) atoms. The van der Waals surface area contributed by atoms with Crippen LogP contribution in [0.4, 0.5) is 0 Å². The first-order valence-electron chi connectivity index (χ1n) is 14.7. The van der Waals surface area contributed by atoms with Gasteiger partial charge in [0.15, 0.2) is 0 Å². The summed E-state index contributed by atoms with van der Waals surface area (Å²) in [7, 11) is -0.718. The van der Waals surface area contributed by atoms with Gasteiger partial charge in [-0.3, -0.25) is 14.5 Å². The number of rotatable bonds is 7. The second-order valence-corrected chi connectivity index (χ2v) is 13.8. The van der Waals surface area contributed by atoms with Crippen LogP contribution in [-0.2, 0) is 37.7 Å². The average molecular weight is 668 g/mol. The van der Waals surface area contributed by atoms with Crippen molar-refractivity contribution in [1.29, 1.82) is 0 Å². The van der Waals surface area contributed by atoms with E-state index in [-0.39, 0.29) is 35.1 Å². The monoisotopic (exact) mass is 667 g/mol. The number of hydrogen-bond acceptors (Lipinski definition) is 10. The lowest BCUT2D eigenvalue weighted by molar-refractivity contribution is -0.147. The van der Waals surface area contributed by atoms with E-state index in [4.69, 9.17) is 23.4 Å². The number of carbonyl (C=O) groups is 2. The molecular formula is C29H48B2BrN3O8. The Kier molecular flexibility index (Phi) is 12.9. The van der Waals surface area contributed by atoms with E-state index in [1.165, 1.54) is 0 Å². The third kappa shape index (κ3) is 9.50. The van der Waals surface area contributed by atoms with Crippen LogP contribution in [0.3, 0.4) is 0 Å². The van der Waals surface area contributed by atoms with Gasteiger partial charge in [0.25, 0.3) is 0 Å². The molecule has 1 aromatic heterocycles. The molecule has 0 amide bonds. The van der Waals surface area contributed by atoms with Gasteiger partial charge in [-0.05, 0) is 88.6 Å². The van der Waals surface area contributed by atoms with Crippen molar-refractivity contribution in [2.45, 2.75) is 116 Å². The molecule has 4 rings (SSSR count). The highest BCUT2D eigenvalue weighted by Crippen LogP contribution is 2.38. The van der Waals surface area contributed by atoms with Gasteiger partial charge in [-0.2, -0.15) is 5.10 Å². The Balaban J connectivity index is 0.000000252. The zero-order chi connectivity index (χ0) is 32.8. The number of alkyl halides is 1. The van der Waals surface area contributed by atoms with E-state index >= 15 is 0 Å². The quantitative estimate of drug-likeness (QED) is 0.239. The van der Waals surface area contributed by atoms with Crippen LogP contribution in [0.5, 0.6) is 0 Å². The summed E-state index contributed by atoms with van der Waals surface area (Å²) in [6.07, 6.45) is 7.31. The van der Waals surface area contributed by atoms with E-state index in [1.54, 1.807) is 44.8 Å². The molecule has 0 N–H and O–H groups in total. The smallest absolute Gasteiger partial charge is 0.465 e. The van der Waals surface area contributed by atoms with Crippen molar-refractivity contribution in [2.75, 3.05) is 19.8 Å². The van der Waals surface area contributed by atoms with Crippen molar-refractivity contribution in [3.05, 3.63) is 23.9 Å². The van der Waals surface area contributed by atoms with Gasteiger partial charge in [-0.15, -0.1) is 0 Å². The predicted molar refractivity (Wildman–Crippen MR) is 172 cm³/mol. The Morgan fingerprint density at radius 3 is 1.74 bits per heavy atom. The van der Waals surface area contributed by atoms with E-state index in [1.807, 2.05) is 40.0 Å². The Bertz CT molecular complexity index is 1130. The van der Waals surface area contributed by atoms with E-state index in [0.29, 0.717) is 13.2 Å². The number of hydrogen-bond donors (Lipinski definition) is 0. The highest BCUT2D eigenvalue weighted by atomic mass is 79.9. The molecule has 2 unspecified atom stereocenters. The maximum Gasteiger partial charge on any atom is 0.498 e. The van der Waals surface area contributed by atoms with Crippen molar-refractivity contribution in [3.63, 3.8) is 0 Å². The normalized spacial score (nSPS) is 22.0. The van der Waals surface area contributed by atoms with E-state index in [2.05, 4.69) is 58.5 Å². The van der Waals surface area contributed by atoms with E-state index < -0.39 is 24.4 Å². The van der Waals surface area contributed by atoms with Crippen molar-refractivity contribution < 1.29 is 37.7 Å². The van der Waals surface area contributed by atoms with Crippen molar-refractivity contribution in [3.8, 4) is 0 Å². The van der Waals surface area contributed by atoms with Gasteiger partial charge < -0.3 is 28.1 Å². The third-order valence-electron chi connectivity index (χ3n) is 7.98. The molecule has 0 bridgehead atoms. The lowest BCUT2D eigenvalue weighted by atomic mass is 9.79. The molecule has 2 atom stereocenters. The molecule has 1 aromatic rings. The first-order chi connectivity index (χ1) is 19.8. The average Bonchev–Trinajstić information content (AvgIpc) is 3.67. The van der Waals surface area contributed by atoms with Gasteiger partial charge in [0.1, 0.15) is 10.9 Å². The van der Waals surface area contributed by atoms with Crippen molar-refractivity contribution in [2.24, 2.45) is 4.99 Å². The molecule has 0 saturated carbocycles. The molecule has 3 aliphatic rings. The summed E-state index contributed by atoms with van der Waals surface area (Å²) >= 11 is 3.07. The molecule has 14 heteroatoms. The van der Waals surface area contributed by atoms with Crippen LogP contribution in [0.2, 0.25) is 0 Å². The second-order valence-electron chi connectivity index (χ2n) is 12.4. The summed E-state index contributed by atoms with van der Waals surface area (Å²) in [5.74, 6) is -0.506. The predicted octanol–water partition coefficient (Wildman–Crippen LogP) is 4.27. The topological polar surface area (TPSA) is 120 Å². The largest absolute Gasteiger partial charge is 0.498 e. The fraction of sp³-hybridized carbons (Fsp3) is 0.724. The van der Waals surface area contributed by atoms with Crippen LogP contribution in [0.15, 0.2) is 28.9 Å². The minimum Gasteiger partial charge on any atom is -0.465 e. The lowest BCUT2D eigenvalue weighted by Gasteiger charge is -2.32. The Morgan fingerprint density at radius 1 is 0.884 bits per heavy atom. The minimum atomic E-state index is -0.474. The standard InChI is InChI=1S/C14H23BN2O4.C10H16BNO2.C5H9BrO2/c1-7-19-12(18)10(2)17-9-11(8-16-17)15-20-13(3,4)14(5,6)21-15;1-9(2)10(3,4)14-11(13-9)8-5-6-12-7-8;1-3-8-5(7)4(2)6/h8-10H,7H2,1-6H3;5,7H,6H2,1-4H3;4H,3H2,1-2H3. The summed E-state index contributed by atoms with van der Waals surface area (Å²) in [5, 5.41) is 4.22. The van der Waals surface area contributed by atoms with E-state index in [0.717, 1.165) is 17.5 Å². The number of aliphatic imine (C=N–C) groups is 1. The number of halogens is 1. The first-order valence-corrected chi connectivity index (χ1v) is 15.6. The Hall–Kier alpha value is -1.99. The number of allylic oxidation sites excluding steroid dienone is 1. The van der Waals surface area contributed by atoms with E-state index in [9.17, 15) is 9.59 Å². The molecule has 240 valence electrons. The molecular weight excluding hydrogens is 620 g/mol. The highest BCUT2D eigenvalue weighted by Gasteiger charge is 2.53. The minimum absolute atomic E-state index is 0.178. The maximum atomic E-state index is 11.7. The summed E-state index contributed by atoms with van der Waals surface area (Å²) in [6.45, 7) is 24.8. The second kappa shape index (κ2) is 14.9. The molecule has 4 heterocycles. The number of esters is 2. The zero-order valence-corrected chi connectivity index (χ0v) is 29.3. The number of nitrogens with zero attached hydrogens (tertiary/aromatic N) is 3. The fourth-order valence-electron chi connectivity index (χ4n) is 3.80. The highest BCUT2D eigenvalue weighted by molar-refractivity contribution is 9.10. The molecule has 0 spiro atoms.